The zero-order valence-corrected chi connectivity index (χ0v) is 29.8. The molecule has 11 nitrogen and oxygen atoms in total. The van der Waals surface area contributed by atoms with Gasteiger partial charge in [-0.25, -0.2) is 9.37 Å². The van der Waals surface area contributed by atoms with Crippen molar-refractivity contribution in [3.05, 3.63) is 111 Å². The highest BCUT2D eigenvalue weighted by Crippen LogP contribution is 2.44. The number of aliphatic hydroxyl groups excluding tert-OH is 1. The van der Waals surface area contributed by atoms with Crippen LogP contribution in [0.4, 0.5) is 4.39 Å². The van der Waals surface area contributed by atoms with Gasteiger partial charge in [-0.15, -0.1) is 11.6 Å². The standard InChI is InChI=1S/C38H37Cl2FN6O5/c1-50-19-23-13-32(45-18-24(23)17-44-30-14-28(30)41)36(49)47-38(9-4-6-26(35(38)40)25-5-2-3-7-27(25)39)37-46-31-12-21(11-22(15-42)34(31)52-37)16-43-29-8-10-51-20-33(29)48/h2-7,9,11-13,18,28-30,33,35,43-44,48H,8,10,14,16-17,19-20H2,1H3,(H,47,49)/t28-,29+,30+,33-,35?,38?/m0/s1. The van der Waals surface area contributed by atoms with Crippen molar-refractivity contribution in [2.75, 3.05) is 20.3 Å². The van der Waals surface area contributed by atoms with Gasteiger partial charge < -0.3 is 34.9 Å². The summed E-state index contributed by atoms with van der Waals surface area (Å²) in [6, 6.07) is 14.2. The van der Waals surface area contributed by atoms with Gasteiger partial charge in [0.15, 0.2) is 11.1 Å². The van der Waals surface area contributed by atoms with E-state index in [9.17, 15) is 19.6 Å². The number of methoxy groups -OCH3 is 1. The van der Waals surface area contributed by atoms with E-state index in [0.29, 0.717) is 59.8 Å². The first-order valence-corrected chi connectivity index (χ1v) is 17.8. The number of aromatic nitrogens is 2. The SMILES string of the molecule is COCc1cc(C(=O)NC2(c3nc4cc(CN[C@@H]5CCOC[C@@H]5O)cc(C#N)c4o3)C=CC=C(c3ccccc3Cl)C2Cl)ncc1CN[C@@H]1C[C@@H]1F. The second kappa shape index (κ2) is 15.4. The summed E-state index contributed by atoms with van der Waals surface area (Å²) in [4.78, 5) is 23.5. The van der Waals surface area contributed by atoms with Crippen molar-refractivity contribution in [3.8, 4) is 6.07 Å². The van der Waals surface area contributed by atoms with Crippen LogP contribution < -0.4 is 16.0 Å². The molecule has 3 aliphatic rings. The first-order chi connectivity index (χ1) is 25.2. The summed E-state index contributed by atoms with van der Waals surface area (Å²) >= 11 is 14.0. The topological polar surface area (TPSA) is 155 Å². The Morgan fingerprint density at radius 1 is 1.19 bits per heavy atom. The number of alkyl halides is 2. The Bertz CT molecular complexity index is 2080. The van der Waals surface area contributed by atoms with Crippen LogP contribution in [-0.4, -0.2) is 71.0 Å². The zero-order valence-electron chi connectivity index (χ0n) is 28.2. The number of halogens is 3. The number of benzene rings is 2. The van der Waals surface area contributed by atoms with E-state index in [1.807, 2.05) is 24.3 Å². The highest BCUT2D eigenvalue weighted by Gasteiger charge is 2.47. The number of rotatable bonds is 12. The molecule has 6 atom stereocenters. The molecule has 2 aliphatic carbocycles. The van der Waals surface area contributed by atoms with E-state index < -0.39 is 29.1 Å². The fraction of sp³-hybridized carbons (Fsp3) is 0.368. The molecule has 52 heavy (non-hydrogen) atoms. The van der Waals surface area contributed by atoms with Crippen molar-refractivity contribution in [1.29, 1.82) is 5.26 Å². The minimum absolute atomic E-state index is 0.0503. The summed E-state index contributed by atoms with van der Waals surface area (Å²) < 4.78 is 30.6. The Morgan fingerprint density at radius 3 is 2.75 bits per heavy atom. The van der Waals surface area contributed by atoms with Gasteiger partial charge in [0.05, 0.1) is 30.3 Å². The Morgan fingerprint density at radius 2 is 2.00 bits per heavy atom. The molecular weight excluding hydrogens is 710 g/mol. The van der Waals surface area contributed by atoms with Gasteiger partial charge in [-0.3, -0.25) is 9.78 Å². The summed E-state index contributed by atoms with van der Waals surface area (Å²) in [5.74, 6) is -0.518. The summed E-state index contributed by atoms with van der Waals surface area (Å²) in [6.07, 6.45) is 6.47. The maximum absolute atomic E-state index is 14.2. The summed E-state index contributed by atoms with van der Waals surface area (Å²) in [7, 11) is 1.55. The molecule has 7 rings (SSSR count). The van der Waals surface area contributed by atoms with E-state index in [2.05, 4.69) is 27.0 Å². The van der Waals surface area contributed by atoms with E-state index in [1.165, 1.54) is 0 Å². The van der Waals surface area contributed by atoms with Crippen molar-refractivity contribution >= 4 is 45.8 Å². The van der Waals surface area contributed by atoms with Gasteiger partial charge in [0.25, 0.3) is 5.91 Å². The summed E-state index contributed by atoms with van der Waals surface area (Å²) in [6.45, 7) is 1.74. The maximum Gasteiger partial charge on any atom is 0.271 e. The number of carbonyl (C=O) groups excluding carboxylic acids is 1. The van der Waals surface area contributed by atoms with E-state index in [1.54, 1.807) is 49.7 Å². The first kappa shape index (κ1) is 36.2. The summed E-state index contributed by atoms with van der Waals surface area (Å²) in [5.41, 5.74) is 2.92. The molecule has 4 N–H and O–H groups in total. The number of nitrogens with one attached hydrogen (secondary N) is 3. The van der Waals surface area contributed by atoms with E-state index in [4.69, 9.17) is 42.1 Å². The zero-order chi connectivity index (χ0) is 36.4. The monoisotopic (exact) mass is 746 g/mol. The van der Waals surface area contributed by atoms with E-state index in [-0.39, 0.29) is 48.0 Å². The number of pyridine rings is 1. The first-order valence-electron chi connectivity index (χ1n) is 17.0. The molecule has 1 aliphatic heterocycles. The quantitative estimate of drug-likeness (QED) is 0.142. The van der Waals surface area contributed by atoms with Gasteiger partial charge >= 0.3 is 0 Å². The second-order valence-electron chi connectivity index (χ2n) is 13.2. The number of allylic oxidation sites excluding steroid dienone is 2. The van der Waals surface area contributed by atoms with Gasteiger partial charge in [-0.1, -0.05) is 42.0 Å². The van der Waals surface area contributed by atoms with E-state index in [0.717, 1.165) is 11.1 Å². The molecule has 0 bridgehead atoms. The number of nitriles is 1. The van der Waals surface area contributed by atoms with Crippen LogP contribution >= 0.6 is 23.2 Å². The predicted molar refractivity (Wildman–Crippen MR) is 193 cm³/mol. The average Bonchev–Trinajstić information content (AvgIpc) is 3.68. The van der Waals surface area contributed by atoms with Crippen molar-refractivity contribution in [1.82, 2.24) is 25.9 Å². The van der Waals surface area contributed by atoms with Crippen molar-refractivity contribution in [3.63, 3.8) is 0 Å². The highest BCUT2D eigenvalue weighted by molar-refractivity contribution is 6.34. The molecule has 14 heteroatoms. The molecule has 2 aromatic heterocycles. The normalized spacial score (nSPS) is 25.5. The van der Waals surface area contributed by atoms with Gasteiger partial charge in [0.2, 0.25) is 5.89 Å². The lowest BCUT2D eigenvalue weighted by Gasteiger charge is -2.36. The van der Waals surface area contributed by atoms with Gasteiger partial charge in [0, 0.05) is 50.1 Å². The van der Waals surface area contributed by atoms with Crippen LogP contribution in [0.3, 0.4) is 0 Å². The lowest BCUT2D eigenvalue weighted by atomic mass is 9.82. The molecule has 1 amide bonds. The van der Waals surface area contributed by atoms with Crippen molar-refractivity contribution in [2.45, 2.75) is 67.8 Å². The third kappa shape index (κ3) is 7.36. The third-order valence-electron chi connectivity index (χ3n) is 9.61. The molecule has 1 saturated carbocycles. The van der Waals surface area contributed by atoms with Crippen LogP contribution in [0.25, 0.3) is 16.7 Å². The number of oxazole rings is 1. The molecule has 0 spiro atoms. The van der Waals surface area contributed by atoms with Gasteiger partial charge in [-0.2, -0.15) is 5.26 Å². The van der Waals surface area contributed by atoms with Crippen LogP contribution in [0.5, 0.6) is 0 Å². The maximum atomic E-state index is 14.2. The number of hydrogen-bond donors (Lipinski definition) is 4. The minimum Gasteiger partial charge on any atom is -0.436 e. The van der Waals surface area contributed by atoms with Crippen LogP contribution in [0.1, 0.15) is 57.0 Å². The Kier molecular flexibility index (Phi) is 10.7. The number of carbonyl (C=O) groups is 1. The molecule has 3 heterocycles. The Hall–Kier alpha value is -4.19. The number of fused-ring (bicyclic) bond motifs is 1. The number of nitrogens with zero attached hydrogens (tertiary/aromatic N) is 3. The minimum atomic E-state index is -1.57. The predicted octanol–water partition coefficient (Wildman–Crippen LogP) is 5.22. The Balaban J connectivity index is 1.25. The second-order valence-corrected chi connectivity index (χ2v) is 14.0. The molecule has 2 aromatic carbocycles. The smallest absolute Gasteiger partial charge is 0.271 e. The highest BCUT2D eigenvalue weighted by atomic mass is 35.5. The van der Waals surface area contributed by atoms with Crippen molar-refractivity contribution < 1.29 is 28.2 Å². The number of amides is 1. The lowest BCUT2D eigenvalue weighted by Crippen LogP contribution is -2.52. The summed E-state index contributed by atoms with van der Waals surface area (Å²) in [5, 5.41) is 29.6. The van der Waals surface area contributed by atoms with Crippen LogP contribution in [0.15, 0.2) is 71.3 Å². The van der Waals surface area contributed by atoms with Gasteiger partial charge in [0.1, 0.15) is 23.5 Å². The molecular formula is C38H37Cl2FN6O5. The number of aliphatic hydroxyl groups is 1. The third-order valence-corrected chi connectivity index (χ3v) is 10.5. The number of ether oxygens (including phenoxy) is 2. The fourth-order valence-corrected chi connectivity index (χ4v) is 7.26. The van der Waals surface area contributed by atoms with Crippen LogP contribution in [-0.2, 0) is 34.7 Å². The van der Waals surface area contributed by atoms with Crippen LogP contribution in [0, 0.1) is 11.3 Å². The molecule has 2 fully saturated rings. The largest absolute Gasteiger partial charge is 0.436 e. The molecule has 0 radical (unpaired) electrons. The van der Waals surface area contributed by atoms with Crippen molar-refractivity contribution in [2.24, 2.45) is 0 Å². The number of hydrogen-bond acceptors (Lipinski definition) is 10. The van der Waals surface area contributed by atoms with Gasteiger partial charge in [-0.05, 0) is 71.0 Å². The molecule has 270 valence electrons. The lowest BCUT2D eigenvalue weighted by molar-refractivity contribution is -0.0280. The fourth-order valence-electron chi connectivity index (χ4n) is 6.61. The average molecular weight is 748 g/mol. The van der Waals surface area contributed by atoms with E-state index >= 15 is 0 Å². The van der Waals surface area contributed by atoms with Crippen LogP contribution in [0.2, 0.25) is 5.02 Å². The molecule has 2 unspecified atom stereocenters. The molecule has 1 saturated heterocycles. The molecule has 4 aromatic rings. The Labute approximate surface area is 309 Å².